The summed E-state index contributed by atoms with van der Waals surface area (Å²) in [4.78, 5) is 28.4. The molecule has 0 saturated carbocycles. The smallest absolute Gasteiger partial charge is 0.311 e. The molecule has 11 nitrogen and oxygen atoms in total. The van der Waals surface area contributed by atoms with E-state index < -0.39 is 49.3 Å². The van der Waals surface area contributed by atoms with Crippen LogP contribution < -0.4 is 10.4 Å². The molecular formula is C29H24N4O7S. The van der Waals surface area contributed by atoms with Crippen molar-refractivity contribution in [2.24, 2.45) is 5.92 Å². The van der Waals surface area contributed by atoms with E-state index >= 15 is 0 Å². The van der Waals surface area contributed by atoms with E-state index in [4.69, 9.17) is 0 Å². The van der Waals surface area contributed by atoms with Crippen LogP contribution in [0.15, 0.2) is 73.3 Å². The average molecular weight is 573 g/mol. The number of rotatable bonds is 3. The third-order valence-electron chi connectivity index (χ3n) is 7.34. The summed E-state index contributed by atoms with van der Waals surface area (Å²) in [6.45, 7) is 3.39. The molecule has 0 radical (unpaired) electrons. The number of carbonyl (C=O) groups excluding carboxylic acids is 1. The number of phenols is 1. The number of nitrogens with zero attached hydrogens (tertiary/aromatic N) is 4. The predicted octanol–water partition coefficient (Wildman–Crippen LogP) is 2.64. The Labute approximate surface area is 233 Å². The van der Waals surface area contributed by atoms with E-state index in [0.29, 0.717) is 26.8 Å². The number of carbonyl (C=O) groups is 1. The van der Waals surface area contributed by atoms with E-state index in [1.807, 2.05) is 24.3 Å². The van der Waals surface area contributed by atoms with E-state index in [-0.39, 0.29) is 11.1 Å². The number of benzene rings is 3. The fraction of sp³-hybridized carbons (Fsp3) is 0.172. The zero-order valence-corrected chi connectivity index (χ0v) is 22.7. The van der Waals surface area contributed by atoms with Crippen molar-refractivity contribution in [3.63, 3.8) is 0 Å². The van der Waals surface area contributed by atoms with E-state index in [0.717, 1.165) is 5.22 Å². The number of nitro groups is 1. The second-order valence-electron chi connectivity index (χ2n) is 9.79. The summed E-state index contributed by atoms with van der Waals surface area (Å²) in [6, 6.07) is 14.6. The molecule has 3 atom stereocenters. The van der Waals surface area contributed by atoms with E-state index in [2.05, 4.69) is 15.2 Å². The molecule has 0 amide bonds. The molecule has 6 rings (SSSR count). The maximum Gasteiger partial charge on any atom is 0.311 e. The molecule has 3 unspecified atom stereocenters. The van der Waals surface area contributed by atoms with Gasteiger partial charge in [0.2, 0.25) is 0 Å². The lowest BCUT2D eigenvalue weighted by atomic mass is 9.77. The number of aromatic hydroxyl groups is 1. The zero-order chi connectivity index (χ0) is 29.5. The topological polar surface area (TPSA) is 173 Å². The fourth-order valence-electron chi connectivity index (χ4n) is 5.77. The third-order valence-corrected chi connectivity index (χ3v) is 8.86. The van der Waals surface area contributed by atoms with Crippen molar-refractivity contribution in [2.45, 2.75) is 25.0 Å². The number of aromatic nitrogens is 3. The number of ketones is 1. The summed E-state index contributed by atoms with van der Waals surface area (Å²) in [6.07, 6.45) is 6.24. The lowest BCUT2D eigenvalue weighted by Crippen LogP contribution is -2.40. The van der Waals surface area contributed by atoms with Gasteiger partial charge in [-0.3, -0.25) is 19.5 Å². The summed E-state index contributed by atoms with van der Waals surface area (Å²) in [5.41, 5.74) is 0.800. The SMILES string of the molecule is CC1C=c2ccc3c(c2C(C)C1S(=O)(=O)O)C(=O)C(c1ccc(O)c([N+](=O)[O-])c1)=c1ccccc1=3.c1cnncn1. The van der Waals surface area contributed by atoms with Crippen molar-refractivity contribution in [3.05, 3.63) is 121 Å². The van der Waals surface area contributed by atoms with Crippen LogP contribution in [0.4, 0.5) is 5.69 Å². The van der Waals surface area contributed by atoms with Crippen molar-refractivity contribution >= 4 is 33.2 Å². The van der Waals surface area contributed by atoms with Gasteiger partial charge in [-0.2, -0.15) is 13.5 Å². The molecular weight excluding hydrogens is 548 g/mol. The minimum atomic E-state index is -4.41. The van der Waals surface area contributed by atoms with Gasteiger partial charge in [0.15, 0.2) is 11.5 Å². The highest BCUT2D eigenvalue weighted by molar-refractivity contribution is 7.86. The Hall–Kier alpha value is -4.81. The molecule has 12 heteroatoms. The standard InChI is InChI=1S/C26H21NO7S.C3H3N3/c1-13-11-15-7-9-19-17-5-3-4-6-18(17)23(16-8-10-21(28)20(12-16)27(30)31)25(29)24(19)22(15)14(2)26(13)35(32,33)34;1-2-5-6-3-4-1/h3-14,26,28H,1-2H3,(H,32,33,34);1-3H. The van der Waals surface area contributed by atoms with Crippen LogP contribution in [0, 0.1) is 26.5 Å². The average Bonchev–Trinajstić information content (AvgIpc) is 2.94. The van der Waals surface area contributed by atoms with Crippen LogP contribution >= 0.6 is 0 Å². The van der Waals surface area contributed by atoms with Gasteiger partial charge in [-0.05, 0) is 44.0 Å². The van der Waals surface area contributed by atoms with Crippen LogP contribution in [0.2, 0.25) is 0 Å². The predicted molar refractivity (Wildman–Crippen MR) is 149 cm³/mol. The van der Waals surface area contributed by atoms with Crippen molar-refractivity contribution < 1.29 is 27.8 Å². The van der Waals surface area contributed by atoms with Gasteiger partial charge in [0, 0.05) is 29.3 Å². The summed E-state index contributed by atoms with van der Waals surface area (Å²) < 4.78 is 34.4. The number of fused-ring (bicyclic) bond motifs is 4. The second-order valence-corrected chi connectivity index (χ2v) is 11.4. The normalized spacial score (nSPS) is 19.0. The van der Waals surface area contributed by atoms with Crippen molar-refractivity contribution in [3.8, 4) is 5.75 Å². The summed E-state index contributed by atoms with van der Waals surface area (Å²) >= 11 is 0. The Kier molecular flexibility index (Phi) is 7.20. The Balaban J connectivity index is 0.000000500. The van der Waals surface area contributed by atoms with E-state index in [1.54, 1.807) is 38.3 Å². The lowest BCUT2D eigenvalue weighted by Gasteiger charge is -2.32. The number of hydrogen-bond acceptors (Lipinski definition) is 9. The second kappa shape index (κ2) is 10.6. The van der Waals surface area contributed by atoms with E-state index in [9.17, 15) is 33.0 Å². The van der Waals surface area contributed by atoms with Gasteiger partial charge in [-0.15, -0.1) is 5.10 Å². The lowest BCUT2D eigenvalue weighted by molar-refractivity contribution is -0.385. The maximum absolute atomic E-state index is 14.1. The molecule has 1 aromatic heterocycles. The molecule has 3 aromatic carbocycles. The molecule has 0 saturated heterocycles. The molecule has 2 aliphatic carbocycles. The number of phenolic OH excluding ortho intramolecular Hbond substituents is 1. The van der Waals surface area contributed by atoms with Crippen molar-refractivity contribution in [1.29, 1.82) is 0 Å². The van der Waals surface area contributed by atoms with Crippen molar-refractivity contribution in [2.75, 3.05) is 0 Å². The monoisotopic (exact) mass is 572 g/mol. The van der Waals surface area contributed by atoms with Crippen LogP contribution in [-0.2, 0) is 10.1 Å². The third kappa shape index (κ3) is 4.98. The summed E-state index contributed by atoms with van der Waals surface area (Å²) in [7, 11) is -4.41. The number of Topliss-reactive ketones (excluding diaryl/α,β-unsaturated/α-hetero) is 1. The summed E-state index contributed by atoms with van der Waals surface area (Å²) in [5.74, 6) is -2.07. The fourth-order valence-corrected chi connectivity index (χ4v) is 7.04. The number of nitro benzene ring substituents is 1. The van der Waals surface area contributed by atoms with Crippen LogP contribution in [-0.4, -0.2) is 49.2 Å². The highest BCUT2D eigenvalue weighted by Crippen LogP contribution is 2.37. The van der Waals surface area contributed by atoms with Crippen LogP contribution in [0.25, 0.3) is 11.6 Å². The van der Waals surface area contributed by atoms with Gasteiger partial charge in [0.25, 0.3) is 10.1 Å². The molecule has 2 N–H and O–H groups in total. The molecule has 208 valence electrons. The molecule has 41 heavy (non-hydrogen) atoms. The van der Waals surface area contributed by atoms with Gasteiger partial charge in [0.05, 0.1) is 16.4 Å². The maximum atomic E-state index is 14.1. The van der Waals surface area contributed by atoms with Gasteiger partial charge in [0.1, 0.15) is 6.33 Å². The first-order chi connectivity index (χ1) is 19.5. The Morgan fingerprint density at radius 2 is 1.68 bits per heavy atom. The van der Waals surface area contributed by atoms with Crippen LogP contribution in [0.1, 0.15) is 41.3 Å². The van der Waals surface area contributed by atoms with Crippen LogP contribution in [0.3, 0.4) is 0 Å². The Morgan fingerprint density at radius 1 is 0.951 bits per heavy atom. The highest BCUT2D eigenvalue weighted by atomic mass is 32.2. The first-order valence-electron chi connectivity index (χ1n) is 12.5. The van der Waals surface area contributed by atoms with Crippen LogP contribution in [0.5, 0.6) is 5.75 Å². The highest BCUT2D eigenvalue weighted by Gasteiger charge is 2.40. The first kappa shape index (κ1) is 27.7. The quantitative estimate of drug-likeness (QED) is 0.211. The Bertz CT molecular complexity index is 2010. The molecule has 0 aliphatic heterocycles. The minimum Gasteiger partial charge on any atom is -0.502 e. The molecule has 1 heterocycles. The molecule has 0 bridgehead atoms. The molecule has 0 spiro atoms. The molecule has 4 aromatic rings. The Morgan fingerprint density at radius 3 is 2.27 bits per heavy atom. The first-order valence-corrected chi connectivity index (χ1v) is 14.0. The largest absolute Gasteiger partial charge is 0.502 e. The van der Waals surface area contributed by atoms with Gasteiger partial charge >= 0.3 is 5.69 Å². The van der Waals surface area contributed by atoms with Gasteiger partial charge < -0.3 is 5.11 Å². The van der Waals surface area contributed by atoms with Gasteiger partial charge in [-0.25, -0.2) is 4.98 Å². The molecule has 0 fully saturated rings. The number of hydrogen-bond donors (Lipinski definition) is 2. The summed E-state index contributed by atoms with van der Waals surface area (Å²) in [5, 5.41) is 29.8. The van der Waals surface area contributed by atoms with E-state index in [1.165, 1.54) is 30.7 Å². The zero-order valence-electron chi connectivity index (χ0n) is 21.9. The van der Waals surface area contributed by atoms with Crippen molar-refractivity contribution in [1.82, 2.24) is 15.2 Å². The minimum absolute atomic E-state index is 0.221. The molecule has 2 aliphatic rings. The van der Waals surface area contributed by atoms with Gasteiger partial charge in [-0.1, -0.05) is 62.4 Å².